The highest BCUT2D eigenvalue weighted by molar-refractivity contribution is 5.92. The zero-order valence-electron chi connectivity index (χ0n) is 19.3. The number of aliphatic hydroxyl groups is 2. The highest BCUT2D eigenvalue weighted by atomic mass is 16.5. The number of fused-ring (bicyclic) bond motifs is 5. The fourth-order valence-electron chi connectivity index (χ4n) is 7.70. The molecule has 3 fully saturated rings. The number of ketones is 2. The van der Waals surface area contributed by atoms with Gasteiger partial charge in [-0.25, -0.2) is 0 Å². The number of ether oxygens (including phenoxy) is 1. The van der Waals surface area contributed by atoms with Crippen LogP contribution in [0.2, 0.25) is 0 Å². The van der Waals surface area contributed by atoms with E-state index in [4.69, 9.17) is 9.84 Å². The highest BCUT2D eigenvalue weighted by Crippen LogP contribution is 2.67. The topological polar surface area (TPSA) is 138 Å². The Balaban J connectivity index is 1.53. The van der Waals surface area contributed by atoms with Gasteiger partial charge in [0.15, 0.2) is 12.4 Å². The van der Waals surface area contributed by atoms with Crippen LogP contribution in [-0.2, 0) is 23.9 Å². The minimum Gasteiger partial charge on any atom is -0.481 e. The van der Waals surface area contributed by atoms with Crippen LogP contribution in [0.15, 0.2) is 11.6 Å². The molecule has 0 aromatic carbocycles. The first-order valence-electron chi connectivity index (χ1n) is 12.0. The molecule has 0 amide bonds. The molecule has 4 aliphatic rings. The van der Waals surface area contributed by atoms with Crippen LogP contribution in [0.4, 0.5) is 0 Å². The van der Waals surface area contributed by atoms with Crippen molar-refractivity contribution in [1.29, 1.82) is 0 Å². The van der Waals surface area contributed by atoms with Crippen molar-refractivity contribution in [2.24, 2.45) is 28.6 Å². The maximum absolute atomic E-state index is 13.1. The van der Waals surface area contributed by atoms with Crippen LogP contribution < -0.4 is 0 Å². The van der Waals surface area contributed by atoms with Crippen LogP contribution in [0.1, 0.15) is 71.6 Å². The molecule has 182 valence electrons. The van der Waals surface area contributed by atoms with Gasteiger partial charge < -0.3 is 20.1 Å². The molecule has 33 heavy (non-hydrogen) atoms. The Morgan fingerprint density at radius 3 is 2.55 bits per heavy atom. The van der Waals surface area contributed by atoms with Crippen molar-refractivity contribution >= 4 is 23.5 Å². The Hall–Kier alpha value is -2.06. The summed E-state index contributed by atoms with van der Waals surface area (Å²) in [4.78, 5) is 47.5. The van der Waals surface area contributed by atoms with Crippen molar-refractivity contribution in [3.8, 4) is 0 Å². The molecule has 0 radical (unpaired) electrons. The molecule has 0 aromatic rings. The summed E-state index contributed by atoms with van der Waals surface area (Å²) < 4.78 is 4.97. The van der Waals surface area contributed by atoms with Gasteiger partial charge in [0.05, 0.1) is 18.9 Å². The monoisotopic (exact) mass is 462 g/mol. The maximum Gasteiger partial charge on any atom is 0.306 e. The minimum atomic E-state index is -1.71. The van der Waals surface area contributed by atoms with E-state index in [1.165, 1.54) is 0 Å². The van der Waals surface area contributed by atoms with Crippen molar-refractivity contribution in [1.82, 2.24) is 0 Å². The number of Topliss-reactive ketones (excluding diaryl/α,β-unsaturated/α-hetero) is 1. The van der Waals surface area contributed by atoms with Crippen molar-refractivity contribution in [2.75, 3.05) is 6.61 Å². The van der Waals surface area contributed by atoms with Gasteiger partial charge in [-0.3, -0.25) is 19.2 Å². The largest absolute Gasteiger partial charge is 0.481 e. The van der Waals surface area contributed by atoms with E-state index in [1.54, 1.807) is 6.08 Å². The molecule has 7 atom stereocenters. The normalized spacial score (nSPS) is 41.9. The SMILES string of the molecule is C[C@]12C[C@@H](O)C3[C@H](CCC4=CC(=O)CC[C@]43C)C1CC[C@]2(O)C(=O)COC(=O)CCC(=O)O. The minimum absolute atomic E-state index is 0.0185. The van der Waals surface area contributed by atoms with E-state index in [0.29, 0.717) is 12.8 Å². The van der Waals surface area contributed by atoms with Gasteiger partial charge in [-0.1, -0.05) is 19.4 Å². The number of carboxylic acids is 1. The second kappa shape index (κ2) is 8.31. The van der Waals surface area contributed by atoms with Crippen molar-refractivity contribution in [3.05, 3.63) is 11.6 Å². The first-order valence-corrected chi connectivity index (χ1v) is 12.0. The fraction of sp³-hybridized carbons (Fsp3) is 0.760. The first kappa shape index (κ1) is 24.1. The predicted molar refractivity (Wildman–Crippen MR) is 116 cm³/mol. The predicted octanol–water partition coefficient (Wildman–Crippen LogP) is 2.20. The molecule has 3 N–H and O–H groups in total. The van der Waals surface area contributed by atoms with Gasteiger partial charge in [0.25, 0.3) is 0 Å². The number of carbonyl (C=O) groups excluding carboxylic acids is 3. The molecular formula is C25H34O8. The average Bonchev–Trinajstić information content (AvgIpc) is 3.02. The number of hydrogen-bond donors (Lipinski definition) is 3. The lowest BCUT2D eigenvalue weighted by Gasteiger charge is -2.60. The van der Waals surface area contributed by atoms with Gasteiger partial charge in [-0.05, 0) is 67.8 Å². The zero-order chi connectivity index (χ0) is 24.2. The number of rotatable bonds is 6. The Morgan fingerprint density at radius 1 is 1.12 bits per heavy atom. The van der Waals surface area contributed by atoms with Gasteiger partial charge in [0, 0.05) is 11.8 Å². The van der Waals surface area contributed by atoms with E-state index in [-0.39, 0.29) is 54.6 Å². The first-order chi connectivity index (χ1) is 15.4. The molecular weight excluding hydrogens is 428 g/mol. The number of aliphatic carboxylic acids is 1. The maximum atomic E-state index is 13.1. The number of esters is 1. The van der Waals surface area contributed by atoms with Gasteiger partial charge in [0.1, 0.15) is 5.60 Å². The smallest absolute Gasteiger partial charge is 0.306 e. The Morgan fingerprint density at radius 2 is 1.85 bits per heavy atom. The van der Waals surface area contributed by atoms with Crippen LogP contribution in [0.3, 0.4) is 0 Å². The molecule has 0 spiro atoms. The van der Waals surface area contributed by atoms with Gasteiger partial charge in [-0.2, -0.15) is 0 Å². The molecule has 0 aliphatic heterocycles. The van der Waals surface area contributed by atoms with E-state index in [2.05, 4.69) is 6.92 Å². The molecule has 0 saturated heterocycles. The van der Waals surface area contributed by atoms with Gasteiger partial charge in [0.2, 0.25) is 5.78 Å². The molecule has 3 saturated carbocycles. The Bertz CT molecular complexity index is 908. The standard InChI is InChI=1S/C25H34O8/c1-23-9-7-15(26)11-14(23)3-4-16-17-8-10-25(32,24(17,2)12-18(27)22(16)23)19(28)13-33-21(31)6-5-20(29)30/h11,16-18,22,27,32H,3-10,12-13H2,1-2H3,(H,29,30)/t16-,17?,18-,22?,23-,24+,25+/m1/s1. The van der Waals surface area contributed by atoms with E-state index < -0.39 is 41.4 Å². The summed E-state index contributed by atoms with van der Waals surface area (Å²) in [6.45, 7) is 3.41. The van der Waals surface area contributed by atoms with Crippen molar-refractivity contribution < 1.29 is 39.2 Å². The lowest BCUT2D eigenvalue weighted by atomic mass is 9.45. The average molecular weight is 463 g/mol. The van der Waals surface area contributed by atoms with E-state index >= 15 is 0 Å². The van der Waals surface area contributed by atoms with Crippen LogP contribution in [-0.4, -0.2) is 57.1 Å². The number of allylic oxidation sites excluding steroid dienone is 1. The summed E-state index contributed by atoms with van der Waals surface area (Å²) in [6, 6.07) is 0. The van der Waals surface area contributed by atoms with E-state index in [0.717, 1.165) is 24.8 Å². The third-order valence-electron chi connectivity index (χ3n) is 9.42. The quantitative estimate of drug-likeness (QED) is 0.511. The fourth-order valence-corrected chi connectivity index (χ4v) is 7.70. The van der Waals surface area contributed by atoms with Gasteiger partial charge >= 0.3 is 11.9 Å². The number of carbonyl (C=O) groups is 4. The lowest BCUT2D eigenvalue weighted by Crippen LogP contribution is -2.62. The van der Waals surface area contributed by atoms with Crippen molar-refractivity contribution in [2.45, 2.75) is 83.3 Å². The second-order valence-corrected chi connectivity index (χ2v) is 11.0. The van der Waals surface area contributed by atoms with Gasteiger partial charge in [-0.15, -0.1) is 0 Å². The third-order valence-corrected chi connectivity index (χ3v) is 9.42. The van der Waals surface area contributed by atoms with Crippen LogP contribution in [0, 0.1) is 28.6 Å². The Kier molecular flexibility index (Phi) is 6.06. The summed E-state index contributed by atoms with van der Waals surface area (Å²) in [7, 11) is 0. The number of aliphatic hydroxyl groups excluding tert-OH is 1. The molecule has 0 aromatic heterocycles. The molecule has 8 heteroatoms. The summed E-state index contributed by atoms with van der Waals surface area (Å²) in [6.07, 6.45) is 4.30. The molecule has 8 nitrogen and oxygen atoms in total. The number of carboxylic acid groups (broad SMARTS) is 1. The van der Waals surface area contributed by atoms with E-state index in [9.17, 15) is 29.4 Å². The Labute approximate surface area is 193 Å². The highest BCUT2D eigenvalue weighted by Gasteiger charge is 2.68. The molecule has 0 bridgehead atoms. The number of hydrogen-bond acceptors (Lipinski definition) is 7. The summed E-state index contributed by atoms with van der Waals surface area (Å²) in [5.74, 6) is -2.20. The molecule has 2 unspecified atom stereocenters. The van der Waals surface area contributed by atoms with Crippen LogP contribution in [0.5, 0.6) is 0 Å². The molecule has 4 aliphatic carbocycles. The molecule has 4 rings (SSSR count). The van der Waals surface area contributed by atoms with Crippen LogP contribution >= 0.6 is 0 Å². The van der Waals surface area contributed by atoms with Crippen molar-refractivity contribution in [3.63, 3.8) is 0 Å². The summed E-state index contributed by atoms with van der Waals surface area (Å²) in [5.41, 5.74) is -1.68. The lowest BCUT2D eigenvalue weighted by molar-refractivity contribution is -0.184. The third kappa shape index (κ3) is 3.75. The van der Waals surface area contributed by atoms with Crippen LogP contribution in [0.25, 0.3) is 0 Å². The summed E-state index contributed by atoms with van der Waals surface area (Å²) in [5, 5.41) is 31.6. The summed E-state index contributed by atoms with van der Waals surface area (Å²) >= 11 is 0. The zero-order valence-corrected chi connectivity index (χ0v) is 19.3. The van der Waals surface area contributed by atoms with E-state index in [1.807, 2.05) is 6.92 Å². The molecule has 0 heterocycles. The second-order valence-electron chi connectivity index (χ2n) is 11.0.